The highest BCUT2D eigenvalue weighted by Gasteiger charge is 2.19. The van der Waals surface area contributed by atoms with E-state index in [4.69, 9.17) is 9.47 Å². The van der Waals surface area contributed by atoms with Gasteiger partial charge < -0.3 is 9.47 Å². The van der Waals surface area contributed by atoms with E-state index in [1.165, 1.54) is 0 Å². The van der Waals surface area contributed by atoms with E-state index in [-0.39, 0.29) is 5.78 Å². The van der Waals surface area contributed by atoms with Gasteiger partial charge in [-0.05, 0) is 44.2 Å². The van der Waals surface area contributed by atoms with E-state index >= 15 is 0 Å². The summed E-state index contributed by atoms with van der Waals surface area (Å²) in [5.74, 6) is 1.03. The monoisotopic (exact) mass is 348 g/mol. The summed E-state index contributed by atoms with van der Waals surface area (Å²) in [6.07, 6.45) is 0. The molecule has 0 bridgehead atoms. The molecule has 0 atom stereocenters. The maximum Gasteiger partial charge on any atom is 0.200 e. The van der Waals surface area contributed by atoms with Crippen molar-refractivity contribution < 1.29 is 14.3 Å². The highest BCUT2D eigenvalue weighted by Crippen LogP contribution is 2.29. The lowest BCUT2D eigenvalue weighted by Crippen LogP contribution is -2.07. The van der Waals surface area contributed by atoms with Crippen LogP contribution in [-0.2, 0) is 0 Å². The number of benzene rings is 2. The van der Waals surface area contributed by atoms with Crippen LogP contribution >= 0.6 is 15.9 Å². The maximum atomic E-state index is 12.8. The third kappa shape index (κ3) is 3.45. The van der Waals surface area contributed by atoms with Crippen molar-refractivity contribution in [2.24, 2.45) is 0 Å². The first-order valence-corrected chi connectivity index (χ1v) is 7.47. The number of rotatable bonds is 5. The maximum absolute atomic E-state index is 12.8. The predicted molar refractivity (Wildman–Crippen MR) is 86.5 cm³/mol. The molecule has 110 valence electrons. The van der Waals surface area contributed by atoms with Crippen LogP contribution in [0.3, 0.4) is 0 Å². The summed E-state index contributed by atoms with van der Waals surface area (Å²) < 4.78 is 11.7. The van der Waals surface area contributed by atoms with E-state index in [9.17, 15) is 4.79 Å². The topological polar surface area (TPSA) is 35.5 Å². The summed E-state index contributed by atoms with van der Waals surface area (Å²) in [5, 5.41) is 0. The zero-order chi connectivity index (χ0) is 15.4. The van der Waals surface area contributed by atoms with Crippen molar-refractivity contribution in [2.75, 3.05) is 13.7 Å². The highest BCUT2D eigenvalue weighted by atomic mass is 79.9. The molecule has 0 amide bonds. The fraction of sp³-hybridized carbons (Fsp3) is 0.235. The van der Waals surface area contributed by atoms with Gasteiger partial charge in [-0.1, -0.05) is 27.6 Å². The summed E-state index contributed by atoms with van der Waals surface area (Å²) in [6, 6.07) is 11.0. The number of aryl methyl sites for hydroxylation is 1. The van der Waals surface area contributed by atoms with Gasteiger partial charge in [0.2, 0.25) is 0 Å². The second-order valence-electron chi connectivity index (χ2n) is 4.61. The van der Waals surface area contributed by atoms with Gasteiger partial charge in [-0.15, -0.1) is 0 Å². The first-order valence-electron chi connectivity index (χ1n) is 6.68. The Bertz CT molecular complexity index is 665. The lowest BCUT2D eigenvalue weighted by atomic mass is 10.00. The molecular formula is C17H17BrO3. The van der Waals surface area contributed by atoms with Gasteiger partial charge in [0.05, 0.1) is 24.8 Å². The lowest BCUT2D eigenvalue weighted by molar-refractivity contribution is 0.103. The molecule has 0 saturated heterocycles. The van der Waals surface area contributed by atoms with E-state index in [0.29, 0.717) is 29.2 Å². The molecule has 21 heavy (non-hydrogen) atoms. The minimum atomic E-state index is -0.105. The fourth-order valence-corrected chi connectivity index (χ4v) is 2.44. The van der Waals surface area contributed by atoms with Crippen molar-refractivity contribution in [2.45, 2.75) is 13.8 Å². The number of methoxy groups -OCH3 is 1. The van der Waals surface area contributed by atoms with Crippen LogP contribution in [0.1, 0.15) is 28.4 Å². The van der Waals surface area contributed by atoms with Gasteiger partial charge in [0, 0.05) is 4.47 Å². The Balaban J connectivity index is 2.51. The summed E-state index contributed by atoms with van der Waals surface area (Å²) in [4.78, 5) is 12.8. The molecule has 2 rings (SSSR count). The lowest BCUT2D eigenvalue weighted by Gasteiger charge is -2.12. The van der Waals surface area contributed by atoms with Crippen LogP contribution < -0.4 is 9.47 Å². The van der Waals surface area contributed by atoms with Crippen LogP contribution in [0.4, 0.5) is 0 Å². The smallest absolute Gasteiger partial charge is 0.200 e. The number of carbonyl (C=O) groups is 1. The number of carbonyl (C=O) groups excluding carboxylic acids is 1. The Labute approximate surface area is 133 Å². The predicted octanol–water partition coefficient (Wildman–Crippen LogP) is 4.40. The van der Waals surface area contributed by atoms with Crippen LogP contribution in [-0.4, -0.2) is 19.5 Å². The molecule has 4 heteroatoms. The van der Waals surface area contributed by atoms with Crippen LogP contribution in [0.5, 0.6) is 11.5 Å². The first-order chi connectivity index (χ1) is 10.1. The molecule has 0 aliphatic heterocycles. The number of halogens is 1. The SMILES string of the molecule is CCOc1ccc(C)cc1C(=O)c1ccc(Br)cc1OC. The van der Waals surface area contributed by atoms with Gasteiger partial charge in [-0.2, -0.15) is 0 Å². The van der Waals surface area contributed by atoms with Crippen molar-refractivity contribution in [1.82, 2.24) is 0 Å². The molecule has 2 aromatic carbocycles. The second-order valence-corrected chi connectivity index (χ2v) is 5.52. The van der Waals surface area contributed by atoms with E-state index in [2.05, 4.69) is 15.9 Å². The molecule has 0 saturated carbocycles. The molecule has 0 spiro atoms. The molecule has 0 unspecified atom stereocenters. The summed E-state index contributed by atoms with van der Waals surface area (Å²) in [7, 11) is 1.55. The molecule has 0 aromatic heterocycles. The normalized spacial score (nSPS) is 10.3. The molecule has 0 fully saturated rings. The number of ketones is 1. The van der Waals surface area contributed by atoms with Crippen molar-refractivity contribution in [3.8, 4) is 11.5 Å². The first kappa shape index (κ1) is 15.6. The zero-order valence-corrected chi connectivity index (χ0v) is 13.9. The highest BCUT2D eigenvalue weighted by molar-refractivity contribution is 9.10. The Morgan fingerprint density at radius 2 is 1.86 bits per heavy atom. The molecule has 0 heterocycles. The minimum absolute atomic E-state index is 0.105. The molecule has 2 aromatic rings. The second kappa shape index (κ2) is 6.76. The Kier molecular flexibility index (Phi) is 5.02. The van der Waals surface area contributed by atoms with E-state index < -0.39 is 0 Å². The van der Waals surface area contributed by atoms with Crippen LogP contribution in [0.15, 0.2) is 40.9 Å². The van der Waals surface area contributed by atoms with Crippen molar-refractivity contribution >= 4 is 21.7 Å². The van der Waals surface area contributed by atoms with Crippen LogP contribution in [0.25, 0.3) is 0 Å². The molecule has 3 nitrogen and oxygen atoms in total. The van der Waals surface area contributed by atoms with Crippen molar-refractivity contribution in [3.63, 3.8) is 0 Å². The number of hydrogen-bond acceptors (Lipinski definition) is 3. The average Bonchev–Trinajstić information content (AvgIpc) is 2.48. The standard InChI is InChI=1S/C17H17BrO3/c1-4-21-15-8-5-11(2)9-14(15)17(19)13-7-6-12(18)10-16(13)20-3/h5-10H,4H2,1-3H3. The zero-order valence-electron chi connectivity index (χ0n) is 12.3. The largest absolute Gasteiger partial charge is 0.496 e. The van der Waals surface area contributed by atoms with Crippen LogP contribution in [0, 0.1) is 6.92 Å². The Morgan fingerprint density at radius 3 is 2.52 bits per heavy atom. The van der Waals surface area contributed by atoms with Crippen LogP contribution in [0.2, 0.25) is 0 Å². The number of hydrogen-bond donors (Lipinski definition) is 0. The number of ether oxygens (including phenoxy) is 2. The fourth-order valence-electron chi connectivity index (χ4n) is 2.10. The Hall–Kier alpha value is -1.81. The van der Waals surface area contributed by atoms with Crippen molar-refractivity contribution in [1.29, 1.82) is 0 Å². The quantitative estimate of drug-likeness (QED) is 0.751. The van der Waals surface area contributed by atoms with Gasteiger partial charge in [-0.3, -0.25) is 4.79 Å². The van der Waals surface area contributed by atoms with Gasteiger partial charge >= 0.3 is 0 Å². The minimum Gasteiger partial charge on any atom is -0.496 e. The average molecular weight is 349 g/mol. The molecule has 0 radical (unpaired) electrons. The van der Waals surface area contributed by atoms with Gasteiger partial charge in [0.15, 0.2) is 5.78 Å². The third-order valence-corrected chi connectivity index (χ3v) is 3.58. The summed E-state index contributed by atoms with van der Waals surface area (Å²) >= 11 is 3.38. The van der Waals surface area contributed by atoms with Gasteiger partial charge in [-0.25, -0.2) is 0 Å². The molecule has 0 aliphatic rings. The van der Waals surface area contributed by atoms with Gasteiger partial charge in [0.25, 0.3) is 0 Å². The Morgan fingerprint density at radius 1 is 1.10 bits per heavy atom. The molecule has 0 aliphatic carbocycles. The molecule has 0 N–H and O–H groups in total. The third-order valence-electron chi connectivity index (χ3n) is 3.09. The summed E-state index contributed by atoms with van der Waals surface area (Å²) in [5.41, 5.74) is 2.09. The van der Waals surface area contributed by atoms with E-state index in [1.807, 2.05) is 38.1 Å². The van der Waals surface area contributed by atoms with E-state index in [0.717, 1.165) is 10.0 Å². The van der Waals surface area contributed by atoms with Crippen molar-refractivity contribution in [3.05, 3.63) is 57.6 Å². The molecular weight excluding hydrogens is 332 g/mol. The van der Waals surface area contributed by atoms with Gasteiger partial charge in [0.1, 0.15) is 11.5 Å². The van der Waals surface area contributed by atoms with E-state index in [1.54, 1.807) is 19.2 Å². The summed E-state index contributed by atoms with van der Waals surface area (Å²) in [6.45, 7) is 4.36.